The Morgan fingerprint density at radius 2 is 1.95 bits per heavy atom. The van der Waals surface area contributed by atoms with Crippen LogP contribution >= 0.6 is 0 Å². The number of hydrogen-bond donors (Lipinski definition) is 2. The second-order valence-corrected chi connectivity index (χ2v) is 5.12. The number of carbonyl (C=O) groups excluding carboxylic acids is 2. The van der Waals surface area contributed by atoms with Crippen molar-refractivity contribution in [2.45, 2.75) is 32.9 Å². The van der Waals surface area contributed by atoms with Crippen LogP contribution in [0.25, 0.3) is 0 Å². The summed E-state index contributed by atoms with van der Waals surface area (Å²) in [5, 5.41) is 5.07. The highest BCUT2D eigenvalue weighted by Crippen LogP contribution is 2.07. The van der Waals surface area contributed by atoms with E-state index in [0.29, 0.717) is 12.0 Å². The van der Waals surface area contributed by atoms with Gasteiger partial charge in [0.2, 0.25) is 0 Å². The van der Waals surface area contributed by atoms with Crippen LogP contribution in [0.1, 0.15) is 25.8 Å². The number of esters is 1. The highest BCUT2D eigenvalue weighted by Gasteiger charge is 2.22. The zero-order valence-corrected chi connectivity index (χ0v) is 12.5. The summed E-state index contributed by atoms with van der Waals surface area (Å²) in [4.78, 5) is 23.4. The van der Waals surface area contributed by atoms with Crippen LogP contribution < -0.4 is 10.6 Å². The van der Waals surface area contributed by atoms with E-state index in [1.165, 1.54) is 13.2 Å². The van der Waals surface area contributed by atoms with Gasteiger partial charge in [0.25, 0.3) is 0 Å². The Kier molecular flexibility index (Phi) is 6.65. The number of benzene rings is 1. The Bertz CT molecular complexity index is 492. The van der Waals surface area contributed by atoms with Crippen molar-refractivity contribution >= 4 is 12.0 Å². The summed E-state index contributed by atoms with van der Waals surface area (Å²) in [6.45, 7) is 3.93. The molecule has 2 amide bonds. The molecular weight excluding hydrogens is 275 g/mol. The fraction of sp³-hybridized carbons (Fsp3) is 0.467. The van der Waals surface area contributed by atoms with E-state index in [2.05, 4.69) is 15.4 Å². The molecule has 5 nitrogen and oxygen atoms in total. The molecule has 0 aliphatic rings. The Morgan fingerprint density at radius 3 is 2.52 bits per heavy atom. The lowest BCUT2D eigenvalue weighted by Gasteiger charge is -2.18. The number of halogens is 1. The average Bonchev–Trinajstić information content (AvgIpc) is 2.44. The minimum atomic E-state index is -0.712. The molecule has 1 aromatic carbocycles. The molecule has 0 aromatic heterocycles. The summed E-state index contributed by atoms with van der Waals surface area (Å²) in [6, 6.07) is 4.93. The Balaban J connectivity index is 2.54. The molecule has 21 heavy (non-hydrogen) atoms. The molecule has 0 unspecified atom stereocenters. The number of nitrogens with one attached hydrogen (secondary N) is 2. The zero-order chi connectivity index (χ0) is 15.8. The van der Waals surface area contributed by atoms with Gasteiger partial charge in [-0.1, -0.05) is 32.0 Å². The fourth-order valence-corrected chi connectivity index (χ4v) is 1.85. The second kappa shape index (κ2) is 8.24. The van der Waals surface area contributed by atoms with E-state index in [-0.39, 0.29) is 18.3 Å². The maximum atomic E-state index is 13.4. The standard InChI is InChI=1S/C15H21FN2O3/c1-10(2)8-13(14(19)21-3)18-15(20)17-9-11-6-4-5-7-12(11)16/h4-7,10,13H,8-9H2,1-3H3,(H2,17,18,20)/t13-/m1/s1. The maximum absolute atomic E-state index is 13.4. The summed E-state index contributed by atoms with van der Waals surface area (Å²) in [5.74, 6) is -0.657. The van der Waals surface area contributed by atoms with Crippen LogP contribution in [-0.2, 0) is 16.1 Å². The van der Waals surface area contributed by atoms with Crippen LogP contribution in [0, 0.1) is 11.7 Å². The van der Waals surface area contributed by atoms with E-state index in [1.807, 2.05) is 13.8 Å². The first-order valence-electron chi connectivity index (χ1n) is 6.79. The van der Waals surface area contributed by atoms with Gasteiger partial charge >= 0.3 is 12.0 Å². The molecule has 116 valence electrons. The van der Waals surface area contributed by atoms with E-state index in [9.17, 15) is 14.0 Å². The van der Waals surface area contributed by atoms with Gasteiger partial charge < -0.3 is 15.4 Å². The summed E-state index contributed by atoms with van der Waals surface area (Å²) in [6.07, 6.45) is 0.472. The van der Waals surface area contributed by atoms with Gasteiger partial charge in [0, 0.05) is 12.1 Å². The van der Waals surface area contributed by atoms with Gasteiger partial charge in [0.15, 0.2) is 0 Å². The van der Waals surface area contributed by atoms with Crippen molar-refractivity contribution in [2.75, 3.05) is 7.11 Å². The molecule has 1 atom stereocenters. The van der Waals surface area contributed by atoms with Gasteiger partial charge in [0.05, 0.1) is 7.11 Å². The number of hydrogen-bond acceptors (Lipinski definition) is 3. The summed E-state index contributed by atoms with van der Waals surface area (Å²) >= 11 is 0. The Labute approximate surface area is 123 Å². The molecule has 1 rings (SSSR count). The number of methoxy groups -OCH3 is 1. The lowest BCUT2D eigenvalue weighted by molar-refractivity contribution is -0.143. The van der Waals surface area contributed by atoms with Crippen molar-refractivity contribution < 1.29 is 18.7 Å². The van der Waals surface area contributed by atoms with Gasteiger partial charge in [-0.3, -0.25) is 0 Å². The summed E-state index contributed by atoms with van der Waals surface area (Å²) in [7, 11) is 1.27. The third-order valence-electron chi connectivity index (χ3n) is 2.90. The normalized spacial score (nSPS) is 11.9. The van der Waals surface area contributed by atoms with Crippen molar-refractivity contribution in [2.24, 2.45) is 5.92 Å². The largest absolute Gasteiger partial charge is 0.467 e. The molecule has 0 spiro atoms. The van der Waals surface area contributed by atoms with E-state index in [1.54, 1.807) is 18.2 Å². The number of carbonyl (C=O) groups is 2. The highest BCUT2D eigenvalue weighted by molar-refractivity contribution is 5.83. The van der Waals surface area contributed by atoms with Crippen molar-refractivity contribution in [3.63, 3.8) is 0 Å². The number of urea groups is 1. The van der Waals surface area contributed by atoms with Crippen LogP contribution in [0.2, 0.25) is 0 Å². The SMILES string of the molecule is COC(=O)[C@@H](CC(C)C)NC(=O)NCc1ccccc1F. The van der Waals surface area contributed by atoms with E-state index >= 15 is 0 Å². The van der Waals surface area contributed by atoms with Crippen LogP contribution in [0.4, 0.5) is 9.18 Å². The minimum Gasteiger partial charge on any atom is -0.467 e. The van der Waals surface area contributed by atoms with Gasteiger partial charge in [-0.25, -0.2) is 14.0 Å². The number of rotatable bonds is 6. The van der Waals surface area contributed by atoms with Gasteiger partial charge in [-0.15, -0.1) is 0 Å². The first-order valence-corrected chi connectivity index (χ1v) is 6.79. The molecule has 0 saturated carbocycles. The van der Waals surface area contributed by atoms with E-state index < -0.39 is 18.0 Å². The molecule has 0 aliphatic carbocycles. The van der Waals surface area contributed by atoms with Gasteiger partial charge in [-0.2, -0.15) is 0 Å². The first-order chi connectivity index (χ1) is 9.93. The van der Waals surface area contributed by atoms with Crippen molar-refractivity contribution in [3.05, 3.63) is 35.6 Å². The molecule has 0 aliphatic heterocycles. The Morgan fingerprint density at radius 1 is 1.29 bits per heavy atom. The molecule has 2 N–H and O–H groups in total. The first kappa shape index (κ1) is 16.9. The molecular formula is C15H21FN2O3. The lowest BCUT2D eigenvalue weighted by Crippen LogP contribution is -2.46. The minimum absolute atomic E-state index is 0.0497. The maximum Gasteiger partial charge on any atom is 0.328 e. The van der Waals surface area contributed by atoms with Crippen molar-refractivity contribution in [1.29, 1.82) is 0 Å². The Hall–Kier alpha value is -2.11. The number of amides is 2. The third-order valence-corrected chi connectivity index (χ3v) is 2.90. The molecule has 6 heteroatoms. The second-order valence-electron chi connectivity index (χ2n) is 5.12. The monoisotopic (exact) mass is 296 g/mol. The molecule has 0 fully saturated rings. The third kappa shape index (κ3) is 5.81. The fourth-order valence-electron chi connectivity index (χ4n) is 1.85. The smallest absolute Gasteiger partial charge is 0.328 e. The predicted octanol–water partition coefficient (Wildman–Crippen LogP) is 2.21. The quantitative estimate of drug-likeness (QED) is 0.791. The number of ether oxygens (including phenoxy) is 1. The van der Waals surface area contributed by atoms with Crippen LogP contribution in [0.3, 0.4) is 0 Å². The van der Waals surface area contributed by atoms with Crippen molar-refractivity contribution in [3.8, 4) is 0 Å². The molecule has 0 radical (unpaired) electrons. The highest BCUT2D eigenvalue weighted by atomic mass is 19.1. The molecule has 0 heterocycles. The average molecular weight is 296 g/mol. The van der Waals surface area contributed by atoms with Crippen LogP contribution in [0.5, 0.6) is 0 Å². The van der Waals surface area contributed by atoms with E-state index in [0.717, 1.165) is 0 Å². The summed E-state index contributed by atoms with van der Waals surface area (Å²) in [5.41, 5.74) is 0.381. The van der Waals surface area contributed by atoms with Gasteiger partial charge in [0.1, 0.15) is 11.9 Å². The molecule has 0 bridgehead atoms. The van der Waals surface area contributed by atoms with Crippen molar-refractivity contribution in [1.82, 2.24) is 10.6 Å². The van der Waals surface area contributed by atoms with Crippen LogP contribution in [-0.4, -0.2) is 25.2 Å². The van der Waals surface area contributed by atoms with E-state index in [4.69, 9.17) is 0 Å². The molecule has 1 aromatic rings. The van der Waals surface area contributed by atoms with Crippen LogP contribution in [0.15, 0.2) is 24.3 Å². The van der Waals surface area contributed by atoms with Gasteiger partial charge in [-0.05, 0) is 18.4 Å². The zero-order valence-electron chi connectivity index (χ0n) is 12.5. The molecule has 0 saturated heterocycles. The predicted molar refractivity (Wildman–Crippen MR) is 77.0 cm³/mol. The topological polar surface area (TPSA) is 67.4 Å². The lowest BCUT2D eigenvalue weighted by atomic mass is 10.0. The summed E-state index contributed by atoms with van der Waals surface area (Å²) < 4.78 is 18.1.